The number of nitrogens with two attached hydrogens (primary N) is 1. The Morgan fingerprint density at radius 1 is 0.960 bits per heavy atom. The summed E-state index contributed by atoms with van der Waals surface area (Å²) in [6.45, 7) is 0. The Morgan fingerprint density at radius 3 is 2.28 bits per heavy atom. The molecule has 0 aliphatic heterocycles. The molecule has 3 aromatic carbocycles. The molecular formula is C17H14N2O5S. The van der Waals surface area contributed by atoms with E-state index in [9.17, 15) is 18.3 Å². The molecule has 0 fully saturated rings. The van der Waals surface area contributed by atoms with Crippen molar-refractivity contribution in [1.29, 1.82) is 0 Å². The Morgan fingerprint density at radius 2 is 1.64 bits per heavy atom. The van der Waals surface area contributed by atoms with Gasteiger partial charge in [0.05, 0.1) is 5.56 Å². The van der Waals surface area contributed by atoms with Crippen LogP contribution in [-0.2, 0) is 10.0 Å². The summed E-state index contributed by atoms with van der Waals surface area (Å²) in [5.41, 5.74) is 6.46. The van der Waals surface area contributed by atoms with Crippen LogP contribution in [0.5, 0.6) is 5.75 Å². The van der Waals surface area contributed by atoms with Crippen LogP contribution in [0.3, 0.4) is 0 Å². The number of rotatable bonds is 4. The number of nitrogen functional groups attached to an aromatic ring is 1. The van der Waals surface area contributed by atoms with E-state index in [4.69, 9.17) is 10.8 Å². The number of aromatic hydroxyl groups is 1. The van der Waals surface area contributed by atoms with Crippen LogP contribution in [0.2, 0.25) is 0 Å². The fourth-order valence-corrected chi connectivity index (χ4v) is 3.62. The number of aromatic carboxylic acids is 1. The molecule has 0 bridgehead atoms. The van der Waals surface area contributed by atoms with Crippen molar-refractivity contribution >= 4 is 38.1 Å². The number of phenols is 1. The third-order valence-corrected chi connectivity index (χ3v) is 5.12. The SMILES string of the molecule is Nc1cccc2c(O)c(S(=O)(=O)Nc3ccc(C(=O)O)cc3)ccc12. The Kier molecular flexibility index (Phi) is 3.97. The summed E-state index contributed by atoms with van der Waals surface area (Å²) >= 11 is 0. The number of anilines is 2. The molecule has 0 heterocycles. The molecular weight excluding hydrogens is 344 g/mol. The molecule has 5 N–H and O–H groups in total. The summed E-state index contributed by atoms with van der Waals surface area (Å²) in [6.07, 6.45) is 0. The van der Waals surface area contributed by atoms with Crippen LogP contribution < -0.4 is 10.5 Å². The van der Waals surface area contributed by atoms with E-state index in [1.807, 2.05) is 0 Å². The fraction of sp³-hybridized carbons (Fsp3) is 0. The van der Waals surface area contributed by atoms with Gasteiger partial charge in [-0.2, -0.15) is 0 Å². The van der Waals surface area contributed by atoms with E-state index in [-0.39, 0.29) is 16.1 Å². The maximum absolute atomic E-state index is 12.6. The summed E-state index contributed by atoms with van der Waals surface area (Å²) in [7, 11) is -4.07. The lowest BCUT2D eigenvalue weighted by molar-refractivity contribution is 0.0697. The van der Waals surface area contributed by atoms with E-state index >= 15 is 0 Å². The first kappa shape index (κ1) is 16.6. The third kappa shape index (κ3) is 3.07. The van der Waals surface area contributed by atoms with Crippen molar-refractivity contribution in [2.24, 2.45) is 0 Å². The van der Waals surface area contributed by atoms with E-state index in [0.717, 1.165) is 0 Å². The summed E-state index contributed by atoms with van der Waals surface area (Å²) in [4.78, 5) is 10.5. The average Bonchev–Trinajstić information content (AvgIpc) is 2.56. The highest BCUT2D eigenvalue weighted by Crippen LogP contribution is 2.35. The van der Waals surface area contributed by atoms with Gasteiger partial charge in [0.1, 0.15) is 10.6 Å². The number of carbonyl (C=O) groups is 1. The molecule has 0 aliphatic carbocycles. The van der Waals surface area contributed by atoms with Gasteiger partial charge in [0.25, 0.3) is 10.0 Å². The van der Waals surface area contributed by atoms with Crippen LogP contribution in [0.25, 0.3) is 10.8 Å². The van der Waals surface area contributed by atoms with Crippen molar-refractivity contribution < 1.29 is 23.4 Å². The molecule has 0 radical (unpaired) electrons. The average molecular weight is 358 g/mol. The summed E-state index contributed by atoms with van der Waals surface area (Å²) in [5, 5.41) is 20.1. The van der Waals surface area contributed by atoms with Gasteiger partial charge < -0.3 is 15.9 Å². The molecule has 3 aromatic rings. The van der Waals surface area contributed by atoms with E-state index in [0.29, 0.717) is 16.5 Å². The summed E-state index contributed by atoms with van der Waals surface area (Å²) in [5.74, 6) is -1.52. The predicted molar refractivity (Wildman–Crippen MR) is 94.2 cm³/mol. The van der Waals surface area contributed by atoms with Gasteiger partial charge in [-0.05, 0) is 36.4 Å². The van der Waals surface area contributed by atoms with Gasteiger partial charge in [0.2, 0.25) is 0 Å². The highest BCUT2D eigenvalue weighted by molar-refractivity contribution is 7.92. The minimum atomic E-state index is -4.07. The Balaban J connectivity index is 2.01. The quantitative estimate of drug-likeness (QED) is 0.531. The molecule has 0 amide bonds. The molecule has 7 nitrogen and oxygen atoms in total. The second kappa shape index (κ2) is 5.99. The lowest BCUT2D eigenvalue weighted by Gasteiger charge is -2.12. The number of fused-ring (bicyclic) bond motifs is 1. The van der Waals surface area contributed by atoms with Crippen molar-refractivity contribution in [1.82, 2.24) is 0 Å². The number of carboxylic acid groups (broad SMARTS) is 1. The van der Waals surface area contributed by atoms with Crippen molar-refractivity contribution in [3.63, 3.8) is 0 Å². The Bertz CT molecular complexity index is 1080. The third-order valence-electron chi connectivity index (χ3n) is 3.70. The van der Waals surface area contributed by atoms with Crippen LogP contribution >= 0.6 is 0 Å². The first-order chi connectivity index (χ1) is 11.8. The van der Waals surface area contributed by atoms with E-state index in [1.54, 1.807) is 18.2 Å². The molecule has 128 valence electrons. The molecule has 0 saturated heterocycles. The molecule has 3 rings (SSSR count). The van der Waals surface area contributed by atoms with Crippen LogP contribution in [0.1, 0.15) is 10.4 Å². The normalized spacial score (nSPS) is 11.4. The van der Waals surface area contributed by atoms with Crippen molar-refractivity contribution in [2.75, 3.05) is 10.5 Å². The van der Waals surface area contributed by atoms with Crippen LogP contribution in [0.4, 0.5) is 11.4 Å². The van der Waals surface area contributed by atoms with Gasteiger partial charge in [-0.15, -0.1) is 0 Å². The summed E-state index contributed by atoms with van der Waals surface area (Å²) in [6, 6.07) is 12.8. The van der Waals surface area contributed by atoms with E-state index in [1.165, 1.54) is 36.4 Å². The van der Waals surface area contributed by atoms with Gasteiger partial charge in [-0.3, -0.25) is 4.72 Å². The highest BCUT2D eigenvalue weighted by Gasteiger charge is 2.21. The number of phenolic OH excluding ortho intramolecular Hbond substituents is 1. The van der Waals surface area contributed by atoms with Gasteiger partial charge in [-0.1, -0.05) is 18.2 Å². The first-order valence-corrected chi connectivity index (χ1v) is 8.64. The van der Waals surface area contributed by atoms with Gasteiger partial charge in [0.15, 0.2) is 0 Å². The van der Waals surface area contributed by atoms with Crippen molar-refractivity contribution in [2.45, 2.75) is 4.90 Å². The Hall–Kier alpha value is -3.26. The smallest absolute Gasteiger partial charge is 0.335 e. The lowest BCUT2D eigenvalue weighted by atomic mass is 10.1. The van der Waals surface area contributed by atoms with Crippen molar-refractivity contribution in [3.8, 4) is 5.75 Å². The van der Waals surface area contributed by atoms with Gasteiger partial charge in [-0.25, -0.2) is 13.2 Å². The van der Waals surface area contributed by atoms with Gasteiger partial charge >= 0.3 is 5.97 Å². The zero-order valence-electron chi connectivity index (χ0n) is 12.8. The second-order valence-electron chi connectivity index (χ2n) is 5.34. The molecule has 0 spiro atoms. The highest BCUT2D eigenvalue weighted by atomic mass is 32.2. The summed E-state index contributed by atoms with van der Waals surface area (Å²) < 4.78 is 27.4. The largest absolute Gasteiger partial charge is 0.506 e. The Labute approximate surface area is 143 Å². The number of carboxylic acids is 1. The molecule has 0 aromatic heterocycles. The van der Waals surface area contributed by atoms with Gasteiger partial charge in [0, 0.05) is 22.1 Å². The van der Waals surface area contributed by atoms with Crippen molar-refractivity contribution in [3.05, 3.63) is 60.2 Å². The molecule has 0 aliphatic rings. The first-order valence-electron chi connectivity index (χ1n) is 7.16. The monoisotopic (exact) mass is 358 g/mol. The number of benzene rings is 3. The van der Waals surface area contributed by atoms with E-state index in [2.05, 4.69) is 4.72 Å². The zero-order valence-corrected chi connectivity index (χ0v) is 13.6. The zero-order chi connectivity index (χ0) is 18.2. The van der Waals surface area contributed by atoms with Crippen LogP contribution in [0.15, 0.2) is 59.5 Å². The fourth-order valence-electron chi connectivity index (χ4n) is 2.45. The van der Waals surface area contributed by atoms with Crippen LogP contribution in [0, 0.1) is 0 Å². The molecule has 0 atom stereocenters. The molecule has 0 saturated carbocycles. The maximum atomic E-state index is 12.6. The van der Waals surface area contributed by atoms with E-state index < -0.39 is 21.7 Å². The molecule has 0 unspecified atom stereocenters. The predicted octanol–water partition coefficient (Wildman–Crippen LogP) is 2.63. The standard InChI is InChI=1S/C17H14N2O5S/c18-14-3-1-2-13-12(14)8-9-15(16(13)20)25(23,24)19-11-6-4-10(5-7-11)17(21)22/h1-9,19-20H,18H2,(H,21,22). The maximum Gasteiger partial charge on any atom is 0.335 e. The molecule has 25 heavy (non-hydrogen) atoms. The number of hydrogen-bond acceptors (Lipinski definition) is 5. The lowest BCUT2D eigenvalue weighted by Crippen LogP contribution is -2.13. The number of hydrogen-bond donors (Lipinski definition) is 4. The minimum absolute atomic E-state index is 0.0342. The molecule has 8 heteroatoms. The minimum Gasteiger partial charge on any atom is -0.506 e. The number of nitrogens with one attached hydrogen (secondary N) is 1. The second-order valence-corrected chi connectivity index (χ2v) is 6.99. The topological polar surface area (TPSA) is 130 Å². The number of sulfonamides is 1. The van der Waals surface area contributed by atoms with Crippen LogP contribution in [-0.4, -0.2) is 24.6 Å².